The van der Waals surface area contributed by atoms with Crippen molar-refractivity contribution in [1.29, 1.82) is 0 Å². The Hall–Kier alpha value is -3.01. The van der Waals surface area contributed by atoms with Crippen molar-refractivity contribution in [3.05, 3.63) is 82.8 Å². The summed E-state index contributed by atoms with van der Waals surface area (Å²) >= 11 is 0. The second-order valence-electron chi connectivity index (χ2n) is 8.81. The first-order valence-corrected chi connectivity index (χ1v) is 10.2. The topological polar surface area (TPSA) is 34.6 Å². The summed E-state index contributed by atoms with van der Waals surface area (Å²) in [6.07, 6.45) is 2.70. The lowest BCUT2D eigenvalue weighted by molar-refractivity contribution is -0.544. The third-order valence-corrected chi connectivity index (χ3v) is 5.77. The van der Waals surface area contributed by atoms with E-state index >= 15 is 0 Å². The average molecular weight is 388 g/mol. The number of hydrogen-bond acceptors (Lipinski definition) is 3. The molecule has 3 heterocycles. The Morgan fingerprint density at radius 3 is 2.41 bits per heavy atom. The predicted molar refractivity (Wildman–Crippen MR) is 112 cm³/mol. The highest BCUT2D eigenvalue weighted by atomic mass is 16.7. The average Bonchev–Trinajstić information content (AvgIpc) is 3.37. The van der Waals surface area contributed by atoms with Crippen molar-refractivity contribution in [2.75, 3.05) is 13.3 Å². The monoisotopic (exact) mass is 388 g/mol. The standard InChI is InChI=1S/C25H26NO3/c1-25(2,3)19-8-6-17(7-9-19)15-26-11-10-18-13-22-23(29-16-28-22)14-20(18)24(26)21-5-4-12-27-21/h4-9,12-14H,10-11,15-16H2,1-3H3/q+1. The van der Waals surface area contributed by atoms with Gasteiger partial charge in [0, 0.05) is 12.0 Å². The Bertz CT molecular complexity index is 1070. The van der Waals surface area contributed by atoms with Crippen molar-refractivity contribution >= 4 is 5.71 Å². The molecule has 0 spiro atoms. The van der Waals surface area contributed by atoms with Gasteiger partial charge in [-0.25, -0.2) is 4.58 Å². The molecule has 0 amide bonds. The van der Waals surface area contributed by atoms with Crippen molar-refractivity contribution < 1.29 is 18.5 Å². The third kappa shape index (κ3) is 3.33. The maximum atomic E-state index is 5.83. The molecule has 0 fully saturated rings. The molecule has 0 saturated carbocycles. The SMILES string of the molecule is CC(C)(C)c1ccc(C[N+]2=C(c3ccco3)c3cc4c(cc3CC2)OCO4)cc1. The molecule has 1 aromatic heterocycles. The molecule has 4 heteroatoms. The molecule has 5 rings (SSSR count). The van der Waals surface area contributed by atoms with Crippen molar-refractivity contribution in [2.45, 2.75) is 39.2 Å². The van der Waals surface area contributed by atoms with Gasteiger partial charge >= 0.3 is 0 Å². The van der Waals surface area contributed by atoms with Crippen LogP contribution in [0.1, 0.15) is 48.8 Å². The van der Waals surface area contributed by atoms with Gasteiger partial charge in [-0.1, -0.05) is 45.0 Å². The minimum Gasteiger partial charge on any atom is -0.458 e. The molecule has 2 aliphatic heterocycles. The molecule has 2 aliphatic rings. The summed E-state index contributed by atoms with van der Waals surface area (Å²) in [4.78, 5) is 0. The summed E-state index contributed by atoms with van der Waals surface area (Å²) in [5.41, 5.74) is 6.38. The van der Waals surface area contributed by atoms with E-state index in [1.165, 1.54) is 22.3 Å². The van der Waals surface area contributed by atoms with E-state index in [0.717, 1.165) is 42.5 Å². The van der Waals surface area contributed by atoms with Crippen LogP contribution in [0.25, 0.3) is 0 Å². The maximum absolute atomic E-state index is 5.83. The van der Waals surface area contributed by atoms with Gasteiger partial charge in [0.2, 0.25) is 6.79 Å². The second-order valence-corrected chi connectivity index (χ2v) is 8.81. The number of benzene rings is 2. The molecule has 3 aromatic rings. The van der Waals surface area contributed by atoms with Gasteiger partial charge in [0.15, 0.2) is 23.8 Å². The number of hydrogen-bond donors (Lipinski definition) is 0. The van der Waals surface area contributed by atoms with Gasteiger partial charge in [-0.15, -0.1) is 0 Å². The first-order valence-electron chi connectivity index (χ1n) is 10.2. The van der Waals surface area contributed by atoms with Gasteiger partial charge in [0.1, 0.15) is 6.54 Å². The number of ether oxygens (including phenoxy) is 2. The minimum absolute atomic E-state index is 0.163. The molecular formula is C25H26NO3+. The Kier molecular flexibility index (Phi) is 4.23. The molecule has 29 heavy (non-hydrogen) atoms. The van der Waals surface area contributed by atoms with E-state index < -0.39 is 0 Å². The molecule has 148 valence electrons. The number of nitrogens with zero attached hydrogens (tertiary/aromatic N) is 1. The highest BCUT2D eigenvalue weighted by Crippen LogP contribution is 2.37. The van der Waals surface area contributed by atoms with E-state index in [1.54, 1.807) is 6.26 Å². The predicted octanol–water partition coefficient (Wildman–Crippen LogP) is 4.91. The van der Waals surface area contributed by atoms with E-state index in [-0.39, 0.29) is 12.2 Å². The number of fused-ring (bicyclic) bond motifs is 2. The van der Waals surface area contributed by atoms with Crippen LogP contribution in [-0.4, -0.2) is 23.6 Å². The van der Waals surface area contributed by atoms with Gasteiger partial charge < -0.3 is 13.9 Å². The quantitative estimate of drug-likeness (QED) is 0.598. The molecule has 0 unspecified atom stereocenters. The first kappa shape index (κ1) is 18.0. The Morgan fingerprint density at radius 1 is 0.966 bits per heavy atom. The Labute approximate surface area is 171 Å². The molecule has 2 aromatic carbocycles. The van der Waals surface area contributed by atoms with Crippen LogP contribution < -0.4 is 9.47 Å². The highest BCUT2D eigenvalue weighted by Gasteiger charge is 2.32. The largest absolute Gasteiger partial charge is 0.458 e. The fourth-order valence-electron chi connectivity index (χ4n) is 4.14. The van der Waals surface area contributed by atoms with Crippen LogP contribution in [0.2, 0.25) is 0 Å². The smallest absolute Gasteiger partial charge is 0.250 e. The zero-order valence-electron chi connectivity index (χ0n) is 17.2. The fourth-order valence-corrected chi connectivity index (χ4v) is 4.14. The molecule has 0 saturated heterocycles. The van der Waals surface area contributed by atoms with Crippen molar-refractivity contribution in [2.24, 2.45) is 0 Å². The molecule has 0 aliphatic carbocycles. The van der Waals surface area contributed by atoms with E-state index in [4.69, 9.17) is 13.9 Å². The fraction of sp³-hybridized carbons (Fsp3) is 0.320. The molecule has 0 bridgehead atoms. The lowest BCUT2D eigenvalue weighted by Gasteiger charge is -2.20. The van der Waals surface area contributed by atoms with Crippen LogP contribution in [0.5, 0.6) is 11.5 Å². The number of rotatable bonds is 3. The minimum atomic E-state index is 0.163. The van der Waals surface area contributed by atoms with Gasteiger partial charge in [0.05, 0.1) is 11.8 Å². The lowest BCUT2D eigenvalue weighted by Crippen LogP contribution is -2.30. The summed E-state index contributed by atoms with van der Waals surface area (Å²) in [6, 6.07) is 17.2. The Morgan fingerprint density at radius 2 is 1.72 bits per heavy atom. The lowest BCUT2D eigenvalue weighted by atomic mass is 9.86. The zero-order chi connectivity index (χ0) is 20.0. The molecule has 4 nitrogen and oxygen atoms in total. The van der Waals surface area contributed by atoms with Crippen LogP contribution in [0.15, 0.2) is 59.2 Å². The van der Waals surface area contributed by atoms with Crippen molar-refractivity contribution in [3.8, 4) is 11.5 Å². The summed E-state index contributed by atoms with van der Waals surface area (Å²) in [7, 11) is 0. The van der Waals surface area contributed by atoms with Gasteiger partial charge in [-0.2, -0.15) is 0 Å². The summed E-state index contributed by atoms with van der Waals surface area (Å²) in [5, 5.41) is 0. The normalized spacial score (nSPS) is 15.6. The van der Waals surface area contributed by atoms with Crippen LogP contribution in [0.3, 0.4) is 0 Å². The first-order chi connectivity index (χ1) is 14.0. The zero-order valence-corrected chi connectivity index (χ0v) is 17.2. The van der Waals surface area contributed by atoms with Crippen LogP contribution in [0, 0.1) is 0 Å². The molecule has 0 radical (unpaired) electrons. The third-order valence-electron chi connectivity index (χ3n) is 5.77. The molecule has 0 N–H and O–H groups in total. The van der Waals surface area contributed by atoms with Crippen LogP contribution >= 0.6 is 0 Å². The van der Waals surface area contributed by atoms with Crippen LogP contribution in [0.4, 0.5) is 0 Å². The second kappa shape index (κ2) is 6.80. The van der Waals surface area contributed by atoms with E-state index in [9.17, 15) is 0 Å². The van der Waals surface area contributed by atoms with Crippen LogP contribution in [-0.2, 0) is 18.4 Å². The maximum Gasteiger partial charge on any atom is 0.250 e. The van der Waals surface area contributed by atoms with Crippen molar-refractivity contribution in [3.63, 3.8) is 0 Å². The molecule has 0 atom stereocenters. The summed E-state index contributed by atoms with van der Waals surface area (Å²) < 4.78 is 19.5. The van der Waals surface area contributed by atoms with E-state index in [0.29, 0.717) is 0 Å². The van der Waals surface area contributed by atoms with Gasteiger partial charge in [-0.05, 0) is 40.8 Å². The summed E-state index contributed by atoms with van der Waals surface area (Å²) in [6.45, 7) is 8.81. The highest BCUT2D eigenvalue weighted by molar-refractivity contribution is 6.09. The Balaban J connectivity index is 1.57. The van der Waals surface area contributed by atoms with E-state index in [1.807, 2.05) is 12.1 Å². The number of furan rings is 1. The van der Waals surface area contributed by atoms with E-state index in [2.05, 4.69) is 61.7 Å². The van der Waals surface area contributed by atoms with Gasteiger partial charge in [-0.3, -0.25) is 0 Å². The summed E-state index contributed by atoms with van der Waals surface area (Å²) in [5.74, 6) is 2.54. The molecular weight excluding hydrogens is 362 g/mol. The van der Waals surface area contributed by atoms with Crippen molar-refractivity contribution in [1.82, 2.24) is 0 Å². The van der Waals surface area contributed by atoms with Gasteiger partial charge in [0.25, 0.3) is 5.71 Å².